The lowest BCUT2D eigenvalue weighted by atomic mass is 10.1. The van der Waals surface area contributed by atoms with Crippen molar-refractivity contribution in [3.8, 4) is 0 Å². The minimum absolute atomic E-state index is 0.00285. The summed E-state index contributed by atoms with van der Waals surface area (Å²) in [6.07, 6.45) is -3.01. The normalized spacial score (nSPS) is 26.3. The molecular formula is C9H8F3NS. The van der Waals surface area contributed by atoms with E-state index in [9.17, 15) is 13.2 Å². The molecule has 0 spiro atoms. The number of hydrogen-bond acceptors (Lipinski definition) is 2. The van der Waals surface area contributed by atoms with Gasteiger partial charge in [0.05, 0.1) is 0 Å². The molecule has 5 heteroatoms. The highest BCUT2D eigenvalue weighted by atomic mass is 32.2. The van der Waals surface area contributed by atoms with Crippen LogP contribution in [0.25, 0.3) is 0 Å². The van der Waals surface area contributed by atoms with Crippen LogP contribution in [-0.4, -0.2) is 10.7 Å². The van der Waals surface area contributed by atoms with E-state index in [-0.39, 0.29) is 4.75 Å². The molecule has 0 aromatic carbocycles. The molecule has 1 aromatic rings. The fraction of sp³-hybridized carbons (Fsp3) is 0.444. The molecule has 2 heterocycles. The summed E-state index contributed by atoms with van der Waals surface area (Å²) < 4.78 is 36.5. The van der Waals surface area contributed by atoms with Crippen molar-refractivity contribution in [2.24, 2.45) is 0 Å². The standard InChI is InChI=1S/C9H8F3NS/c1-8(5-14-8)6-2-3-7(13-4-6)9(10,11)12/h2-4H,5H2,1H3. The van der Waals surface area contributed by atoms with Gasteiger partial charge in [0.25, 0.3) is 0 Å². The highest BCUT2D eigenvalue weighted by Gasteiger charge is 2.41. The monoisotopic (exact) mass is 219 g/mol. The molecule has 0 bridgehead atoms. The Morgan fingerprint density at radius 2 is 2.07 bits per heavy atom. The van der Waals surface area contributed by atoms with Crippen LogP contribution in [0, 0.1) is 0 Å². The number of aromatic nitrogens is 1. The van der Waals surface area contributed by atoms with Crippen LogP contribution < -0.4 is 0 Å². The number of halogens is 3. The van der Waals surface area contributed by atoms with Gasteiger partial charge in [-0.15, -0.1) is 11.8 Å². The van der Waals surface area contributed by atoms with Crippen LogP contribution in [0.4, 0.5) is 13.2 Å². The Bertz CT molecular complexity index is 316. The van der Waals surface area contributed by atoms with Gasteiger partial charge >= 0.3 is 6.18 Å². The van der Waals surface area contributed by atoms with Gasteiger partial charge in [0.1, 0.15) is 5.69 Å². The lowest BCUT2D eigenvalue weighted by Crippen LogP contribution is -2.09. The molecule has 2 rings (SSSR count). The maximum atomic E-state index is 12.2. The van der Waals surface area contributed by atoms with Crippen molar-refractivity contribution in [1.82, 2.24) is 4.98 Å². The molecule has 0 amide bonds. The molecule has 0 N–H and O–H groups in total. The maximum absolute atomic E-state index is 12.2. The molecule has 1 saturated heterocycles. The summed E-state index contributed by atoms with van der Waals surface area (Å²) in [6, 6.07) is 2.55. The van der Waals surface area contributed by atoms with Gasteiger partial charge in [0, 0.05) is 16.7 Å². The van der Waals surface area contributed by atoms with E-state index < -0.39 is 11.9 Å². The molecule has 1 nitrogen and oxygen atoms in total. The molecule has 1 aliphatic rings. The summed E-state index contributed by atoms with van der Waals surface area (Å²) in [6.45, 7) is 2.00. The Morgan fingerprint density at radius 1 is 1.43 bits per heavy atom. The van der Waals surface area contributed by atoms with E-state index in [1.54, 1.807) is 11.8 Å². The van der Waals surface area contributed by atoms with Crippen molar-refractivity contribution in [1.29, 1.82) is 0 Å². The summed E-state index contributed by atoms with van der Waals surface area (Å²) in [4.78, 5) is 3.42. The smallest absolute Gasteiger partial charge is 0.251 e. The summed E-state index contributed by atoms with van der Waals surface area (Å²) in [5, 5.41) is 0. The zero-order valence-corrected chi connectivity index (χ0v) is 8.25. The number of nitrogens with zero attached hydrogens (tertiary/aromatic N) is 1. The third kappa shape index (κ3) is 1.73. The SMILES string of the molecule is CC1(c2ccc(C(F)(F)F)nc2)CS1. The van der Waals surface area contributed by atoms with Crippen molar-refractivity contribution in [3.05, 3.63) is 29.6 Å². The van der Waals surface area contributed by atoms with Crippen LogP contribution in [0.1, 0.15) is 18.2 Å². The van der Waals surface area contributed by atoms with Gasteiger partial charge in [0.2, 0.25) is 0 Å². The lowest BCUT2D eigenvalue weighted by Gasteiger charge is -2.09. The molecule has 0 aliphatic carbocycles. The van der Waals surface area contributed by atoms with E-state index in [1.165, 1.54) is 12.3 Å². The van der Waals surface area contributed by atoms with E-state index >= 15 is 0 Å². The highest BCUT2D eigenvalue weighted by molar-refractivity contribution is 8.07. The van der Waals surface area contributed by atoms with Crippen molar-refractivity contribution >= 4 is 11.8 Å². The molecule has 76 valence electrons. The Kier molecular flexibility index (Phi) is 2.03. The van der Waals surface area contributed by atoms with Crippen LogP contribution in [-0.2, 0) is 10.9 Å². The van der Waals surface area contributed by atoms with Crippen LogP contribution in [0.2, 0.25) is 0 Å². The summed E-state index contributed by atoms with van der Waals surface area (Å²) in [5.41, 5.74) is 0.0472. The predicted molar refractivity (Wildman–Crippen MR) is 49.0 cm³/mol. The van der Waals surface area contributed by atoms with E-state index in [1.807, 2.05) is 6.92 Å². The van der Waals surface area contributed by atoms with Crippen LogP contribution in [0.3, 0.4) is 0 Å². The van der Waals surface area contributed by atoms with E-state index in [0.717, 1.165) is 17.4 Å². The second-order valence-electron chi connectivity index (χ2n) is 3.45. The Hall–Kier alpha value is -0.710. The van der Waals surface area contributed by atoms with Gasteiger partial charge < -0.3 is 0 Å². The van der Waals surface area contributed by atoms with Gasteiger partial charge in [-0.2, -0.15) is 13.2 Å². The highest BCUT2D eigenvalue weighted by Crippen LogP contribution is 2.52. The van der Waals surface area contributed by atoms with E-state index in [4.69, 9.17) is 0 Å². The molecule has 1 fully saturated rings. The van der Waals surface area contributed by atoms with Gasteiger partial charge in [-0.25, -0.2) is 0 Å². The average molecular weight is 219 g/mol. The molecular weight excluding hydrogens is 211 g/mol. The zero-order valence-electron chi connectivity index (χ0n) is 7.43. The molecule has 1 atom stereocenters. The molecule has 1 aromatic heterocycles. The molecule has 14 heavy (non-hydrogen) atoms. The molecule has 0 saturated carbocycles. The number of thioether (sulfide) groups is 1. The summed E-state index contributed by atoms with van der Waals surface area (Å²) >= 11 is 1.72. The van der Waals surface area contributed by atoms with E-state index in [0.29, 0.717) is 0 Å². The number of alkyl halides is 3. The third-order valence-corrected chi connectivity index (χ3v) is 3.63. The topological polar surface area (TPSA) is 12.9 Å². The lowest BCUT2D eigenvalue weighted by molar-refractivity contribution is -0.141. The first-order chi connectivity index (χ1) is 6.42. The number of hydrogen-bond donors (Lipinski definition) is 0. The predicted octanol–water partition coefficient (Wildman–Crippen LogP) is 3.06. The first kappa shape index (κ1) is 9.83. The van der Waals surface area contributed by atoms with Crippen molar-refractivity contribution in [2.45, 2.75) is 17.8 Å². The number of rotatable bonds is 1. The van der Waals surface area contributed by atoms with E-state index in [2.05, 4.69) is 4.98 Å². The zero-order chi connectivity index (χ0) is 10.4. The van der Waals surface area contributed by atoms with Crippen LogP contribution >= 0.6 is 11.8 Å². The second-order valence-corrected chi connectivity index (χ2v) is 4.93. The average Bonchev–Trinajstić information content (AvgIpc) is 2.84. The van der Waals surface area contributed by atoms with Gasteiger partial charge in [-0.3, -0.25) is 4.98 Å². The van der Waals surface area contributed by atoms with Crippen molar-refractivity contribution in [3.63, 3.8) is 0 Å². The molecule has 1 aliphatic heterocycles. The summed E-state index contributed by atoms with van der Waals surface area (Å²) in [7, 11) is 0. The van der Waals surface area contributed by atoms with Gasteiger partial charge in [0.15, 0.2) is 0 Å². The Morgan fingerprint density at radius 3 is 2.43 bits per heavy atom. The van der Waals surface area contributed by atoms with Crippen molar-refractivity contribution in [2.75, 3.05) is 5.75 Å². The fourth-order valence-corrected chi connectivity index (χ4v) is 1.82. The van der Waals surface area contributed by atoms with Crippen molar-refractivity contribution < 1.29 is 13.2 Å². The Labute approximate surface area is 83.7 Å². The van der Waals surface area contributed by atoms with Crippen LogP contribution in [0.15, 0.2) is 18.3 Å². The minimum atomic E-state index is -4.34. The fourth-order valence-electron chi connectivity index (χ4n) is 1.15. The van der Waals surface area contributed by atoms with Gasteiger partial charge in [-0.05, 0) is 18.6 Å². The minimum Gasteiger partial charge on any atom is -0.251 e. The first-order valence-electron chi connectivity index (χ1n) is 4.09. The molecule has 0 radical (unpaired) electrons. The quantitative estimate of drug-likeness (QED) is 0.673. The third-order valence-electron chi connectivity index (χ3n) is 2.24. The molecule has 1 unspecified atom stereocenters. The number of pyridine rings is 1. The van der Waals surface area contributed by atoms with Crippen LogP contribution in [0.5, 0.6) is 0 Å². The first-order valence-corrected chi connectivity index (χ1v) is 5.08. The largest absolute Gasteiger partial charge is 0.433 e. The summed E-state index contributed by atoms with van der Waals surface area (Å²) in [5.74, 6) is 0.958. The second kappa shape index (κ2) is 2.89. The maximum Gasteiger partial charge on any atom is 0.433 e. The van der Waals surface area contributed by atoms with Gasteiger partial charge in [-0.1, -0.05) is 6.07 Å². The Balaban J connectivity index is 2.27.